The Labute approximate surface area is 355 Å². The summed E-state index contributed by atoms with van der Waals surface area (Å²) in [6.45, 7) is 15.3. The lowest BCUT2D eigenvalue weighted by Crippen LogP contribution is -2.04. The van der Waals surface area contributed by atoms with Crippen molar-refractivity contribution in [1.82, 2.24) is 48.2 Å². The molecule has 0 unspecified atom stereocenters. The van der Waals surface area contributed by atoms with E-state index in [0.717, 1.165) is 65.6 Å². The molecule has 5 aromatic heterocycles. The van der Waals surface area contributed by atoms with Gasteiger partial charge in [-0.15, -0.1) is 0 Å². The predicted octanol–water partition coefficient (Wildman–Crippen LogP) is 10.8. The van der Waals surface area contributed by atoms with Gasteiger partial charge in [0.05, 0.1) is 0 Å². The van der Waals surface area contributed by atoms with Gasteiger partial charge in [-0.05, 0) is 44.7 Å². The van der Waals surface area contributed by atoms with Crippen LogP contribution < -0.4 is 0 Å². The molecule has 0 bridgehead atoms. The summed E-state index contributed by atoms with van der Waals surface area (Å²) in [5.74, 6) is 5.87. The first-order valence-electron chi connectivity index (χ1n) is 20.3. The number of rotatable bonds is 8. The molecule has 1 N–H and O–H groups in total. The van der Waals surface area contributed by atoms with Crippen LogP contribution in [0.2, 0.25) is 0 Å². The second-order valence-corrected chi connectivity index (χ2v) is 14.7. The van der Waals surface area contributed by atoms with Gasteiger partial charge in [0, 0.05) is 99.3 Å². The van der Waals surface area contributed by atoms with Crippen molar-refractivity contribution in [2.75, 3.05) is 0 Å². The minimum atomic E-state index is 0.702. The van der Waals surface area contributed by atoms with Gasteiger partial charge < -0.3 is 23.3 Å². The largest absolute Gasteiger partial charge is 0.342 e. The summed E-state index contributed by atoms with van der Waals surface area (Å²) >= 11 is 0. The number of aromatic nitrogens is 10. The van der Waals surface area contributed by atoms with E-state index in [-0.39, 0.29) is 0 Å². The molecule has 0 atom stereocenters. The molecule has 10 heteroatoms. The number of nitrogens with one attached hydrogen (secondary N) is 1. The maximum absolute atomic E-state index is 4.45. The molecule has 0 saturated carbocycles. The maximum Gasteiger partial charge on any atom is 0.140 e. The number of aryl methyl sites for hydroxylation is 5. The van der Waals surface area contributed by atoms with Gasteiger partial charge in [-0.1, -0.05) is 135 Å². The average molecular weight is 799 g/mol. The zero-order chi connectivity index (χ0) is 42.5. The zero-order valence-corrected chi connectivity index (χ0v) is 36.0. The smallest absolute Gasteiger partial charge is 0.140 e. The van der Waals surface area contributed by atoms with Crippen molar-refractivity contribution in [2.45, 2.75) is 61.2 Å². The third-order valence-electron chi connectivity index (χ3n) is 9.36. The van der Waals surface area contributed by atoms with E-state index in [4.69, 9.17) is 0 Å². The fourth-order valence-electron chi connectivity index (χ4n) is 6.00. The van der Waals surface area contributed by atoms with Gasteiger partial charge in [-0.25, -0.2) is 24.9 Å². The normalized spacial score (nSPS) is 10.3. The van der Waals surface area contributed by atoms with Crippen LogP contribution in [0.5, 0.6) is 0 Å². The number of benzene rings is 4. The van der Waals surface area contributed by atoms with Gasteiger partial charge in [-0.2, -0.15) is 0 Å². The molecule has 9 rings (SSSR count). The van der Waals surface area contributed by atoms with E-state index in [0.29, 0.717) is 5.92 Å². The number of aromatic amines is 1. The molecule has 60 heavy (non-hydrogen) atoms. The van der Waals surface area contributed by atoms with Crippen LogP contribution in [0.3, 0.4) is 0 Å². The number of hydrogen-bond acceptors (Lipinski definition) is 5. The van der Waals surface area contributed by atoms with Crippen LogP contribution in [-0.2, 0) is 26.7 Å². The highest BCUT2D eigenvalue weighted by molar-refractivity contribution is 5.55. The second-order valence-electron chi connectivity index (χ2n) is 14.7. The van der Waals surface area contributed by atoms with Crippen LogP contribution in [0.25, 0.3) is 22.8 Å². The minimum Gasteiger partial charge on any atom is -0.342 e. The fraction of sp³-hybridized carbons (Fsp3) is 0.220. The van der Waals surface area contributed by atoms with E-state index < -0.39 is 0 Å². The molecular formula is C50H58N10. The Balaban J connectivity index is 0.000000147. The lowest BCUT2D eigenvalue weighted by atomic mass is 10.2. The van der Waals surface area contributed by atoms with Gasteiger partial charge in [-0.3, -0.25) is 0 Å². The third kappa shape index (κ3) is 14.4. The van der Waals surface area contributed by atoms with Gasteiger partial charge in [0.15, 0.2) is 0 Å². The number of imidazole rings is 5. The molecule has 0 radical (unpaired) electrons. The van der Waals surface area contributed by atoms with Crippen LogP contribution in [-0.4, -0.2) is 48.2 Å². The Hall–Kier alpha value is -7.07. The van der Waals surface area contributed by atoms with E-state index in [2.05, 4.69) is 118 Å². The lowest BCUT2D eigenvalue weighted by molar-refractivity contribution is 0.514. The molecular weight excluding hydrogens is 741 g/mol. The Bertz CT molecular complexity index is 2470. The summed E-state index contributed by atoms with van der Waals surface area (Å²) in [5.41, 5.74) is 5.97. The van der Waals surface area contributed by atoms with Crippen molar-refractivity contribution < 1.29 is 0 Å². The molecule has 5 heterocycles. The van der Waals surface area contributed by atoms with Crippen LogP contribution in [0.4, 0.5) is 0 Å². The van der Waals surface area contributed by atoms with Gasteiger partial charge in [0.1, 0.15) is 29.1 Å². The van der Waals surface area contributed by atoms with Crippen LogP contribution in [0.15, 0.2) is 177 Å². The topological polar surface area (TPSA) is 100.0 Å². The van der Waals surface area contributed by atoms with Crippen LogP contribution in [0.1, 0.15) is 48.1 Å². The molecule has 0 aliphatic carbocycles. The second kappa shape index (κ2) is 23.4. The molecule has 0 fully saturated rings. The number of nitrogens with zero attached hydrogens (tertiary/aromatic N) is 9. The lowest BCUT2D eigenvalue weighted by Gasteiger charge is -2.07. The Morgan fingerprint density at radius 2 is 0.933 bits per heavy atom. The van der Waals surface area contributed by atoms with Crippen molar-refractivity contribution in [2.24, 2.45) is 13.0 Å². The molecule has 10 nitrogen and oxygen atoms in total. The molecule has 0 amide bonds. The molecule has 9 aromatic rings. The van der Waals surface area contributed by atoms with E-state index >= 15 is 0 Å². The van der Waals surface area contributed by atoms with Crippen molar-refractivity contribution in [1.29, 1.82) is 0 Å². The standard InChI is InChI=1S/C16H14N2.C11H12N2.C10H10N2.C8H14N2.C5H8N2/c1-3-7-14(8-4-1)13-18-12-11-17-16(18)15-9-5-2-6-10-15;1-10-12-7-8-13(10)9-11-5-3-2-4-6-11;1-8-7-11-10(12-8)9-5-3-2-4-6-9;1-7(2)6-10-5-4-9-8(10)3;1-5-6-3-4-7(5)2/h1-12H,13H2;2-8H,9H2,1H3;2-7H,1H3,(H,11,12);4-5,7H,6H2,1-3H3;3-4H,1-2H3. The van der Waals surface area contributed by atoms with E-state index in [1.165, 1.54) is 11.1 Å². The minimum absolute atomic E-state index is 0.702. The Morgan fingerprint density at radius 1 is 0.483 bits per heavy atom. The molecule has 0 aliphatic heterocycles. The fourth-order valence-corrected chi connectivity index (χ4v) is 6.00. The summed E-state index contributed by atoms with van der Waals surface area (Å²) in [6.07, 6.45) is 17.1. The highest BCUT2D eigenvalue weighted by Gasteiger charge is 2.05. The quantitative estimate of drug-likeness (QED) is 0.165. The summed E-state index contributed by atoms with van der Waals surface area (Å²) in [5, 5.41) is 0. The average Bonchev–Trinajstić information content (AvgIpc) is 4.14. The number of hydrogen-bond donors (Lipinski definition) is 1. The summed E-state index contributed by atoms with van der Waals surface area (Å²) in [6, 6.07) is 41.2. The third-order valence-corrected chi connectivity index (χ3v) is 9.36. The molecule has 0 spiro atoms. The molecule has 308 valence electrons. The predicted molar refractivity (Wildman–Crippen MR) is 244 cm³/mol. The van der Waals surface area contributed by atoms with Gasteiger partial charge >= 0.3 is 0 Å². The van der Waals surface area contributed by atoms with Crippen molar-refractivity contribution >= 4 is 0 Å². The monoisotopic (exact) mass is 798 g/mol. The van der Waals surface area contributed by atoms with E-state index in [1.807, 2.05) is 150 Å². The summed E-state index contributed by atoms with van der Waals surface area (Å²) in [4.78, 5) is 24.1. The molecule has 0 aliphatic rings. The first kappa shape index (κ1) is 44.0. The first-order chi connectivity index (χ1) is 29.2. The van der Waals surface area contributed by atoms with E-state index in [9.17, 15) is 0 Å². The van der Waals surface area contributed by atoms with E-state index in [1.54, 1.807) is 6.20 Å². The Kier molecular flexibility index (Phi) is 17.1. The summed E-state index contributed by atoms with van der Waals surface area (Å²) in [7, 11) is 1.97. The zero-order valence-electron chi connectivity index (χ0n) is 36.0. The van der Waals surface area contributed by atoms with Gasteiger partial charge in [0.25, 0.3) is 0 Å². The first-order valence-corrected chi connectivity index (χ1v) is 20.3. The maximum atomic E-state index is 4.45. The van der Waals surface area contributed by atoms with Gasteiger partial charge in [0.2, 0.25) is 0 Å². The summed E-state index contributed by atoms with van der Waals surface area (Å²) < 4.78 is 8.45. The SMILES string of the molecule is Cc1cnc(-c2ccccc2)[nH]1.Cc1nccn1C.Cc1nccn1CC(C)C.Cc1nccn1Cc1ccccc1.c1ccc(Cn2ccnc2-c2ccccc2)cc1. The van der Waals surface area contributed by atoms with Crippen molar-refractivity contribution in [3.8, 4) is 22.8 Å². The van der Waals surface area contributed by atoms with Crippen molar-refractivity contribution in [3.63, 3.8) is 0 Å². The highest BCUT2D eigenvalue weighted by Crippen LogP contribution is 2.18. The molecule has 4 aromatic carbocycles. The van der Waals surface area contributed by atoms with Crippen molar-refractivity contribution in [3.05, 3.63) is 211 Å². The Morgan fingerprint density at radius 3 is 1.37 bits per heavy atom. The molecule has 0 saturated heterocycles. The number of H-pyrrole nitrogens is 1. The highest BCUT2D eigenvalue weighted by atomic mass is 15.1. The van der Waals surface area contributed by atoms with Crippen LogP contribution in [0, 0.1) is 33.6 Å². The van der Waals surface area contributed by atoms with Crippen LogP contribution >= 0.6 is 0 Å².